The molecule has 4 rings (SSSR count). The highest BCUT2D eigenvalue weighted by molar-refractivity contribution is 9.10. The molecule has 0 fully saturated rings. The average molecular weight is 564 g/mol. The molecule has 178 valence electrons. The molecule has 0 aliphatic carbocycles. The van der Waals surface area contributed by atoms with E-state index in [1.165, 1.54) is 29.6 Å². The first-order chi connectivity index (χ1) is 16.2. The van der Waals surface area contributed by atoms with Crippen molar-refractivity contribution in [3.8, 4) is 5.75 Å². The molecule has 1 atom stereocenters. The lowest BCUT2D eigenvalue weighted by molar-refractivity contribution is -0.119. The van der Waals surface area contributed by atoms with Gasteiger partial charge in [-0.15, -0.1) is 0 Å². The highest BCUT2D eigenvalue weighted by Gasteiger charge is 2.35. The second-order valence-electron chi connectivity index (χ2n) is 8.14. The summed E-state index contributed by atoms with van der Waals surface area (Å²) in [6.07, 6.45) is 0.708. The molecule has 0 spiro atoms. The third-order valence-corrected chi connectivity index (χ3v) is 8.38. The van der Waals surface area contributed by atoms with Crippen LogP contribution in [0.15, 0.2) is 76.1 Å². The molecule has 0 unspecified atom stereocenters. The smallest absolute Gasteiger partial charge is 0.243 e. The predicted octanol–water partition coefficient (Wildman–Crippen LogP) is 5.28. The van der Waals surface area contributed by atoms with Crippen LogP contribution < -0.4 is 9.64 Å². The zero-order valence-corrected chi connectivity index (χ0v) is 21.9. The molecule has 9 heteroatoms. The minimum absolute atomic E-state index is 0.000771. The van der Waals surface area contributed by atoms with Gasteiger partial charge in [-0.2, -0.15) is 4.31 Å². The number of halogens is 2. The van der Waals surface area contributed by atoms with Crippen LogP contribution in [0.2, 0.25) is 5.02 Å². The molecular weight excluding hydrogens is 540 g/mol. The summed E-state index contributed by atoms with van der Waals surface area (Å²) in [5.74, 6) is 0.0904. The van der Waals surface area contributed by atoms with Crippen molar-refractivity contribution in [3.63, 3.8) is 0 Å². The molecule has 1 heterocycles. The van der Waals surface area contributed by atoms with Crippen molar-refractivity contribution >= 4 is 49.1 Å². The molecule has 34 heavy (non-hydrogen) atoms. The van der Waals surface area contributed by atoms with Gasteiger partial charge in [0.05, 0.1) is 23.6 Å². The summed E-state index contributed by atoms with van der Waals surface area (Å²) in [6, 6.07) is 19.2. The molecule has 1 amide bonds. The minimum Gasteiger partial charge on any atom is -0.495 e. The SMILES string of the molecule is COc1ccc(S(=O)(=O)N(CC(=O)N2c3ccc(Br)cc3C[C@H]2C)Cc2ccccc2)cc1Cl. The number of nitrogens with zero attached hydrogens (tertiary/aromatic N) is 2. The van der Waals surface area contributed by atoms with Gasteiger partial charge < -0.3 is 9.64 Å². The zero-order chi connectivity index (χ0) is 24.5. The number of sulfonamides is 1. The van der Waals surface area contributed by atoms with E-state index in [4.69, 9.17) is 16.3 Å². The van der Waals surface area contributed by atoms with E-state index in [0.717, 1.165) is 21.3 Å². The molecular formula is C25H24BrClN2O4S. The number of benzene rings is 3. The quantitative estimate of drug-likeness (QED) is 0.392. The van der Waals surface area contributed by atoms with Crippen LogP contribution in [0.4, 0.5) is 5.69 Å². The largest absolute Gasteiger partial charge is 0.495 e. The van der Waals surface area contributed by atoms with E-state index in [9.17, 15) is 13.2 Å². The fraction of sp³-hybridized carbons (Fsp3) is 0.240. The van der Waals surface area contributed by atoms with E-state index in [-0.39, 0.29) is 35.0 Å². The van der Waals surface area contributed by atoms with Crippen molar-refractivity contribution < 1.29 is 17.9 Å². The summed E-state index contributed by atoms with van der Waals surface area (Å²) < 4.78 is 34.6. The highest BCUT2D eigenvalue weighted by Crippen LogP contribution is 2.35. The van der Waals surface area contributed by atoms with Gasteiger partial charge in [0.25, 0.3) is 0 Å². The van der Waals surface area contributed by atoms with E-state index in [0.29, 0.717) is 12.2 Å². The number of amides is 1. The van der Waals surface area contributed by atoms with Crippen molar-refractivity contribution in [2.75, 3.05) is 18.6 Å². The zero-order valence-electron chi connectivity index (χ0n) is 18.7. The maximum Gasteiger partial charge on any atom is 0.243 e. The van der Waals surface area contributed by atoms with E-state index in [1.54, 1.807) is 4.90 Å². The second kappa shape index (κ2) is 10.1. The minimum atomic E-state index is -4.03. The van der Waals surface area contributed by atoms with Crippen LogP contribution in [-0.2, 0) is 27.8 Å². The number of hydrogen-bond donors (Lipinski definition) is 0. The lowest BCUT2D eigenvalue weighted by atomic mass is 10.1. The first-order valence-electron chi connectivity index (χ1n) is 10.7. The van der Waals surface area contributed by atoms with Crippen molar-refractivity contribution in [2.24, 2.45) is 0 Å². The average Bonchev–Trinajstić information content (AvgIpc) is 3.13. The molecule has 6 nitrogen and oxygen atoms in total. The fourth-order valence-corrected chi connectivity index (χ4v) is 6.31. The van der Waals surface area contributed by atoms with Gasteiger partial charge in [0.15, 0.2) is 0 Å². The third-order valence-electron chi connectivity index (χ3n) is 5.80. The Hall–Kier alpha value is -2.39. The predicted molar refractivity (Wildman–Crippen MR) is 137 cm³/mol. The van der Waals surface area contributed by atoms with Gasteiger partial charge in [-0.25, -0.2) is 8.42 Å². The summed E-state index contributed by atoms with van der Waals surface area (Å²) in [6.45, 7) is 1.71. The summed E-state index contributed by atoms with van der Waals surface area (Å²) >= 11 is 9.69. The molecule has 0 N–H and O–H groups in total. The molecule has 3 aromatic rings. The van der Waals surface area contributed by atoms with Gasteiger partial charge >= 0.3 is 0 Å². The van der Waals surface area contributed by atoms with Gasteiger partial charge in [-0.3, -0.25) is 4.79 Å². The van der Waals surface area contributed by atoms with Crippen molar-refractivity contribution in [1.82, 2.24) is 4.31 Å². The van der Waals surface area contributed by atoms with Crippen LogP contribution in [0.5, 0.6) is 5.75 Å². The van der Waals surface area contributed by atoms with Crippen LogP contribution >= 0.6 is 27.5 Å². The lowest BCUT2D eigenvalue weighted by Gasteiger charge is -2.28. The number of methoxy groups -OCH3 is 1. The topological polar surface area (TPSA) is 66.9 Å². The van der Waals surface area contributed by atoms with E-state index in [1.807, 2.05) is 55.5 Å². The molecule has 0 saturated carbocycles. The Morgan fingerprint density at radius 2 is 1.88 bits per heavy atom. The van der Waals surface area contributed by atoms with Gasteiger partial charge in [0, 0.05) is 22.7 Å². The van der Waals surface area contributed by atoms with Gasteiger partial charge in [0.1, 0.15) is 5.75 Å². The van der Waals surface area contributed by atoms with Crippen LogP contribution in [0, 0.1) is 0 Å². The fourth-order valence-electron chi connectivity index (χ4n) is 4.18. The summed E-state index contributed by atoms with van der Waals surface area (Å²) in [5, 5.41) is 0.183. The van der Waals surface area contributed by atoms with Gasteiger partial charge in [-0.05, 0) is 60.9 Å². The molecule has 0 bridgehead atoms. The Balaban J connectivity index is 1.68. The Bertz CT molecular complexity index is 1320. The van der Waals surface area contributed by atoms with Crippen molar-refractivity contribution in [1.29, 1.82) is 0 Å². The molecule has 1 aliphatic rings. The number of fused-ring (bicyclic) bond motifs is 1. The summed E-state index contributed by atoms with van der Waals surface area (Å²) in [5.41, 5.74) is 2.64. The Kier molecular flexibility index (Phi) is 7.33. The highest BCUT2D eigenvalue weighted by atomic mass is 79.9. The number of hydrogen-bond acceptors (Lipinski definition) is 4. The Morgan fingerprint density at radius 3 is 2.56 bits per heavy atom. The summed E-state index contributed by atoms with van der Waals surface area (Å²) in [4.78, 5) is 15.2. The molecule has 3 aromatic carbocycles. The Morgan fingerprint density at radius 1 is 1.15 bits per heavy atom. The maximum absolute atomic E-state index is 13.7. The number of rotatable bonds is 7. The van der Waals surface area contributed by atoms with Gasteiger partial charge in [-0.1, -0.05) is 57.9 Å². The van der Waals surface area contributed by atoms with Crippen LogP contribution in [0.1, 0.15) is 18.1 Å². The van der Waals surface area contributed by atoms with E-state index < -0.39 is 10.0 Å². The first-order valence-corrected chi connectivity index (χ1v) is 13.3. The summed E-state index contributed by atoms with van der Waals surface area (Å²) in [7, 11) is -2.57. The first kappa shape index (κ1) is 24.7. The number of ether oxygens (including phenoxy) is 1. The second-order valence-corrected chi connectivity index (χ2v) is 11.4. The van der Waals surface area contributed by atoms with E-state index in [2.05, 4.69) is 15.9 Å². The number of carbonyl (C=O) groups excluding carboxylic acids is 1. The molecule has 0 aromatic heterocycles. The molecule has 1 aliphatic heterocycles. The molecule has 0 radical (unpaired) electrons. The third kappa shape index (κ3) is 5.00. The van der Waals surface area contributed by atoms with Crippen LogP contribution in [0.3, 0.4) is 0 Å². The van der Waals surface area contributed by atoms with Gasteiger partial charge in [0.2, 0.25) is 15.9 Å². The van der Waals surface area contributed by atoms with Crippen LogP contribution in [0.25, 0.3) is 0 Å². The molecule has 0 saturated heterocycles. The monoisotopic (exact) mass is 562 g/mol. The lowest BCUT2D eigenvalue weighted by Crippen LogP contribution is -2.44. The van der Waals surface area contributed by atoms with Crippen molar-refractivity contribution in [3.05, 3.63) is 87.4 Å². The number of anilines is 1. The number of carbonyl (C=O) groups is 1. The maximum atomic E-state index is 13.7. The standard InChI is InChI=1S/C25H24BrClN2O4S/c1-17-12-19-13-20(26)8-10-23(19)29(17)25(30)16-28(15-18-6-4-3-5-7-18)34(31,32)21-9-11-24(33-2)22(27)14-21/h3-11,13-14,17H,12,15-16H2,1-2H3/t17-/m1/s1. The normalized spacial score (nSPS) is 15.4. The van der Waals surface area contributed by atoms with Crippen LogP contribution in [-0.4, -0.2) is 38.3 Å². The van der Waals surface area contributed by atoms with Crippen molar-refractivity contribution in [2.45, 2.75) is 30.8 Å². The van der Waals surface area contributed by atoms with E-state index >= 15 is 0 Å². The Labute approximate surface area is 213 Å².